The van der Waals surface area contributed by atoms with E-state index >= 15 is 0 Å². The summed E-state index contributed by atoms with van der Waals surface area (Å²) in [7, 11) is 4.41. The van der Waals surface area contributed by atoms with Gasteiger partial charge in [0.2, 0.25) is 0 Å². The molecule has 0 fully saturated rings. The molecular weight excluding hydrogens is 260 g/mol. The Bertz CT molecular complexity index is 256. The lowest BCUT2D eigenvalue weighted by Gasteiger charge is -2.27. The first kappa shape index (κ1) is 14.8. The van der Waals surface area contributed by atoms with E-state index in [9.17, 15) is 0 Å². The van der Waals surface area contributed by atoms with Gasteiger partial charge in [0.15, 0.2) is 5.62 Å². The summed E-state index contributed by atoms with van der Waals surface area (Å²) in [6.07, 6.45) is 4.88. The predicted molar refractivity (Wildman–Crippen MR) is 69.5 cm³/mol. The topological polar surface area (TPSA) is 34.2 Å². The Morgan fingerprint density at radius 3 is 2.18 bits per heavy atom. The van der Waals surface area contributed by atoms with Crippen molar-refractivity contribution in [2.24, 2.45) is 0 Å². The van der Waals surface area contributed by atoms with Gasteiger partial charge in [0.05, 0.1) is 0 Å². The molecular formula is C10H21ClN2O3Si. The van der Waals surface area contributed by atoms with Gasteiger partial charge in [0.25, 0.3) is 0 Å². The Labute approximate surface area is 109 Å². The maximum Gasteiger partial charge on any atom is 0.500 e. The van der Waals surface area contributed by atoms with E-state index in [4.69, 9.17) is 24.9 Å². The highest BCUT2D eigenvalue weighted by molar-refractivity contribution is 6.60. The molecule has 0 aromatic carbocycles. The van der Waals surface area contributed by atoms with Crippen molar-refractivity contribution in [3.63, 3.8) is 0 Å². The van der Waals surface area contributed by atoms with E-state index in [1.54, 1.807) is 21.3 Å². The van der Waals surface area contributed by atoms with Crippen molar-refractivity contribution in [1.29, 1.82) is 0 Å². The zero-order chi connectivity index (χ0) is 12.9. The first-order chi connectivity index (χ1) is 8.08. The second-order valence-electron chi connectivity index (χ2n) is 3.91. The summed E-state index contributed by atoms with van der Waals surface area (Å²) in [5.41, 5.74) is -0.0984. The number of hydrogen-bond acceptors (Lipinski definition) is 5. The average molecular weight is 281 g/mol. The number of hydrogen-bond donors (Lipinski definition) is 0. The normalized spacial score (nSPS) is 20.4. The largest absolute Gasteiger partial charge is 0.500 e. The smallest absolute Gasteiger partial charge is 0.377 e. The molecule has 1 atom stereocenters. The fraction of sp³-hybridized carbons (Fsp3) is 0.800. The van der Waals surface area contributed by atoms with Crippen molar-refractivity contribution in [2.75, 3.05) is 34.9 Å². The molecule has 0 saturated heterocycles. The summed E-state index contributed by atoms with van der Waals surface area (Å²) in [5, 5.41) is 0. The molecule has 7 heteroatoms. The molecule has 0 N–H and O–H groups in total. The van der Waals surface area contributed by atoms with Crippen molar-refractivity contribution in [3.05, 3.63) is 12.4 Å². The molecule has 1 heterocycles. The molecule has 1 rings (SSSR count). The third-order valence-electron chi connectivity index (χ3n) is 2.94. The van der Waals surface area contributed by atoms with Crippen LogP contribution in [-0.4, -0.2) is 59.2 Å². The minimum Gasteiger partial charge on any atom is -0.377 e. The van der Waals surface area contributed by atoms with Crippen LogP contribution in [0.4, 0.5) is 0 Å². The fourth-order valence-electron chi connectivity index (χ4n) is 1.78. The van der Waals surface area contributed by atoms with Crippen LogP contribution in [0.2, 0.25) is 6.04 Å². The van der Waals surface area contributed by atoms with E-state index in [-0.39, 0.29) is 5.62 Å². The van der Waals surface area contributed by atoms with Gasteiger partial charge < -0.3 is 23.1 Å². The number of rotatable bonds is 7. The highest BCUT2D eigenvalue weighted by atomic mass is 35.5. The van der Waals surface area contributed by atoms with Crippen molar-refractivity contribution in [1.82, 2.24) is 9.80 Å². The second-order valence-corrected chi connectivity index (χ2v) is 7.39. The van der Waals surface area contributed by atoms with E-state index in [1.165, 1.54) is 0 Å². The molecule has 17 heavy (non-hydrogen) atoms. The zero-order valence-electron chi connectivity index (χ0n) is 10.9. The van der Waals surface area contributed by atoms with Crippen molar-refractivity contribution in [3.8, 4) is 0 Å². The lowest BCUT2D eigenvalue weighted by atomic mass is 10.4. The van der Waals surface area contributed by atoms with E-state index in [1.807, 2.05) is 24.3 Å². The molecule has 100 valence electrons. The molecule has 0 spiro atoms. The van der Waals surface area contributed by atoms with Crippen LogP contribution in [0.25, 0.3) is 0 Å². The molecule has 1 aliphatic heterocycles. The van der Waals surface area contributed by atoms with E-state index in [2.05, 4.69) is 4.90 Å². The Kier molecular flexibility index (Phi) is 5.74. The van der Waals surface area contributed by atoms with Crippen LogP contribution in [0.5, 0.6) is 0 Å². The van der Waals surface area contributed by atoms with Crippen LogP contribution in [0, 0.1) is 0 Å². The molecule has 1 aliphatic rings. The van der Waals surface area contributed by atoms with Crippen LogP contribution in [-0.2, 0) is 13.3 Å². The summed E-state index contributed by atoms with van der Waals surface area (Å²) in [6, 6.07) is 0.786. The predicted octanol–water partition coefficient (Wildman–Crippen LogP) is 1.50. The van der Waals surface area contributed by atoms with Gasteiger partial charge in [0.1, 0.15) is 0 Å². The lowest BCUT2D eigenvalue weighted by Crippen LogP contribution is -2.43. The van der Waals surface area contributed by atoms with Crippen LogP contribution < -0.4 is 0 Å². The third kappa shape index (κ3) is 3.59. The third-order valence-corrected chi connectivity index (χ3v) is 6.33. The van der Waals surface area contributed by atoms with Crippen LogP contribution >= 0.6 is 11.6 Å². The van der Waals surface area contributed by atoms with Gasteiger partial charge in [-0.1, -0.05) is 11.6 Å². The molecule has 1 unspecified atom stereocenters. The first-order valence-electron chi connectivity index (χ1n) is 5.54. The minimum absolute atomic E-state index is 0.0984. The molecule has 0 aromatic rings. The fourth-order valence-corrected chi connectivity index (χ4v) is 3.71. The van der Waals surface area contributed by atoms with Gasteiger partial charge in [-0.05, 0) is 6.42 Å². The van der Waals surface area contributed by atoms with Crippen LogP contribution in [0.15, 0.2) is 12.4 Å². The molecule has 0 aliphatic carbocycles. The van der Waals surface area contributed by atoms with Gasteiger partial charge in [-0.15, -0.1) is 0 Å². The van der Waals surface area contributed by atoms with E-state index in [0.29, 0.717) is 0 Å². The number of nitrogens with zero attached hydrogens (tertiary/aromatic N) is 2. The maximum absolute atomic E-state index is 6.19. The van der Waals surface area contributed by atoms with Crippen LogP contribution in [0.1, 0.15) is 6.42 Å². The summed E-state index contributed by atoms with van der Waals surface area (Å²) >= 11 is 6.19. The van der Waals surface area contributed by atoms with Crippen molar-refractivity contribution in [2.45, 2.75) is 18.1 Å². The standard InChI is InChI=1S/C10H21ClN2O3Si/c1-12-7-8-13(10(12)11)6-5-9-17(14-2,15-3)16-4/h7-8,10H,5-6,9H2,1-4H3. The molecule has 0 amide bonds. The lowest BCUT2D eigenvalue weighted by molar-refractivity contribution is 0.121. The summed E-state index contributed by atoms with van der Waals surface area (Å²) in [5.74, 6) is 0. The summed E-state index contributed by atoms with van der Waals surface area (Å²) < 4.78 is 16.1. The number of alkyl halides is 1. The zero-order valence-corrected chi connectivity index (χ0v) is 12.6. The Morgan fingerprint density at radius 1 is 1.18 bits per heavy atom. The van der Waals surface area contributed by atoms with Crippen molar-refractivity contribution >= 4 is 20.4 Å². The monoisotopic (exact) mass is 280 g/mol. The van der Waals surface area contributed by atoms with Gasteiger partial charge >= 0.3 is 8.80 Å². The summed E-state index contributed by atoms with van der Waals surface area (Å²) in [6.45, 7) is 0.861. The van der Waals surface area contributed by atoms with Crippen molar-refractivity contribution < 1.29 is 13.3 Å². The SMILES string of the molecule is CO[Si](CCCN1C=CN(C)C1Cl)(OC)OC. The molecule has 0 aromatic heterocycles. The van der Waals surface area contributed by atoms with Gasteiger partial charge in [0, 0.05) is 53.4 Å². The van der Waals surface area contributed by atoms with E-state index < -0.39 is 8.80 Å². The summed E-state index contributed by atoms with van der Waals surface area (Å²) in [4.78, 5) is 4.02. The molecule has 0 radical (unpaired) electrons. The molecule has 0 saturated carbocycles. The highest BCUT2D eigenvalue weighted by Crippen LogP contribution is 2.20. The Hall–Kier alpha value is -0.273. The van der Waals surface area contributed by atoms with Crippen LogP contribution in [0.3, 0.4) is 0 Å². The van der Waals surface area contributed by atoms with Gasteiger partial charge in [-0.3, -0.25) is 0 Å². The Morgan fingerprint density at radius 2 is 1.76 bits per heavy atom. The number of halogens is 1. The maximum atomic E-state index is 6.19. The van der Waals surface area contributed by atoms with E-state index in [0.717, 1.165) is 19.0 Å². The van der Waals surface area contributed by atoms with Gasteiger partial charge in [-0.25, -0.2) is 0 Å². The highest BCUT2D eigenvalue weighted by Gasteiger charge is 2.37. The quantitative estimate of drug-likeness (QED) is 0.401. The Balaban J connectivity index is 2.34. The molecule has 5 nitrogen and oxygen atoms in total. The molecule has 0 bridgehead atoms. The second kappa shape index (κ2) is 6.60. The van der Waals surface area contributed by atoms with Gasteiger partial charge in [-0.2, -0.15) is 0 Å². The average Bonchev–Trinajstić information content (AvgIpc) is 2.67. The first-order valence-corrected chi connectivity index (χ1v) is 7.91. The minimum atomic E-state index is -2.44.